The molecule has 0 N–H and O–H groups in total. The summed E-state index contributed by atoms with van der Waals surface area (Å²) in [6.07, 6.45) is 0. The molecule has 0 atom stereocenters. The van der Waals surface area contributed by atoms with Crippen LogP contribution in [0, 0.1) is 0 Å². The maximum absolute atomic E-state index is 2.50. The van der Waals surface area contributed by atoms with Crippen LogP contribution >= 0.6 is 45.3 Å². The summed E-state index contributed by atoms with van der Waals surface area (Å²) < 4.78 is 10.6. The molecule has 0 aliphatic carbocycles. The van der Waals surface area contributed by atoms with Gasteiger partial charge in [0.1, 0.15) is 0 Å². The molecule has 0 aliphatic rings. The Morgan fingerprint density at radius 2 is 0.441 bits per heavy atom. The maximum atomic E-state index is 2.50. The van der Waals surface area contributed by atoms with E-state index in [1.807, 2.05) is 45.3 Å². The van der Waals surface area contributed by atoms with Gasteiger partial charge in [0, 0.05) is 80.7 Å². The van der Waals surface area contributed by atoms with Crippen molar-refractivity contribution >= 4 is 158 Å². The number of thiophene rings is 4. The Hall–Kier alpha value is -7.44. The normalized spacial score (nSPS) is 12.4. The third-order valence-corrected chi connectivity index (χ3v) is 19.2. The minimum Gasteiger partial charge on any atom is -0.135 e. The van der Waals surface area contributed by atoms with Crippen molar-refractivity contribution in [3.63, 3.8) is 0 Å². The minimum absolute atomic E-state index is 1.24. The van der Waals surface area contributed by atoms with Crippen LogP contribution in [0.4, 0.5) is 0 Å². The van der Waals surface area contributed by atoms with Gasteiger partial charge in [0.25, 0.3) is 0 Å². The first-order valence-corrected chi connectivity index (χ1v) is 26.4. The second-order valence-corrected chi connectivity index (χ2v) is 22.6. The lowest BCUT2D eigenvalue weighted by Gasteiger charge is -2.22. The summed E-state index contributed by atoms with van der Waals surface area (Å²) in [6, 6.07) is 78.8. The molecule has 16 aromatic rings. The zero-order valence-corrected chi connectivity index (χ0v) is 39.5. The van der Waals surface area contributed by atoms with Gasteiger partial charge in [0.05, 0.1) is 0 Å². The fraction of sp³-hybridized carbons (Fsp3) is 0. The first-order chi connectivity index (χ1) is 33.7. The third-order valence-electron chi connectivity index (χ3n) is 14.7. The molecule has 68 heavy (non-hydrogen) atoms. The molecule has 0 bridgehead atoms. The van der Waals surface area contributed by atoms with E-state index >= 15 is 0 Å². The molecule has 12 aromatic carbocycles. The number of rotatable bonds is 4. The van der Waals surface area contributed by atoms with Crippen LogP contribution in [0.5, 0.6) is 0 Å². The number of hydrogen-bond acceptors (Lipinski definition) is 4. The smallest absolute Gasteiger partial charge is 0.0361 e. The molecule has 0 radical (unpaired) electrons. The highest BCUT2D eigenvalue weighted by molar-refractivity contribution is 7.27. The molecular formula is C64H34S4. The van der Waals surface area contributed by atoms with E-state index in [9.17, 15) is 0 Å². The number of hydrogen-bond donors (Lipinski definition) is 0. The van der Waals surface area contributed by atoms with Crippen molar-refractivity contribution in [3.05, 3.63) is 206 Å². The van der Waals surface area contributed by atoms with Gasteiger partial charge in [-0.15, -0.1) is 45.3 Å². The van der Waals surface area contributed by atoms with Gasteiger partial charge in [0.2, 0.25) is 0 Å². The Balaban J connectivity index is 1.04. The van der Waals surface area contributed by atoms with E-state index in [0.29, 0.717) is 0 Å². The Morgan fingerprint density at radius 3 is 0.824 bits per heavy atom. The summed E-state index contributed by atoms with van der Waals surface area (Å²) in [6.45, 7) is 0. The van der Waals surface area contributed by atoms with Crippen LogP contribution in [-0.4, -0.2) is 0 Å². The van der Waals surface area contributed by atoms with Crippen LogP contribution in [0.2, 0.25) is 0 Å². The molecule has 0 unspecified atom stereocenters. The van der Waals surface area contributed by atoms with Gasteiger partial charge in [-0.1, -0.05) is 127 Å². The fourth-order valence-corrected chi connectivity index (χ4v) is 15.9. The lowest BCUT2D eigenvalue weighted by atomic mass is 9.81. The zero-order chi connectivity index (χ0) is 44.2. The molecule has 0 spiro atoms. The van der Waals surface area contributed by atoms with E-state index in [0.717, 1.165) is 0 Å². The highest BCUT2D eigenvalue weighted by Crippen LogP contribution is 2.51. The van der Waals surface area contributed by atoms with Crippen LogP contribution in [0.3, 0.4) is 0 Å². The SMILES string of the molecule is c1ccc2c(c1)sc1cc(-c3cc(-c4ccc5sc6ccccc6c5c4)c4ccc5c(-c6ccc7sc8ccccc8c7c6)cc(-c6ccc7sc8ccccc8c7c6)c6ccc3c4c65)ccc12. The van der Waals surface area contributed by atoms with Crippen LogP contribution in [-0.2, 0) is 0 Å². The average Bonchev–Trinajstić information content (AvgIpc) is 4.17. The molecule has 4 heterocycles. The Kier molecular flexibility index (Phi) is 7.78. The summed E-state index contributed by atoms with van der Waals surface area (Å²) >= 11 is 7.54. The molecule has 0 amide bonds. The van der Waals surface area contributed by atoms with Crippen molar-refractivity contribution in [1.29, 1.82) is 0 Å². The summed E-state index contributed by atoms with van der Waals surface area (Å²) in [5.41, 5.74) is 10.0. The van der Waals surface area contributed by atoms with Gasteiger partial charge >= 0.3 is 0 Å². The largest absolute Gasteiger partial charge is 0.135 e. The van der Waals surface area contributed by atoms with Crippen LogP contribution in [0.25, 0.3) is 158 Å². The summed E-state index contributed by atoms with van der Waals surface area (Å²) in [5, 5.41) is 18.4. The van der Waals surface area contributed by atoms with Crippen molar-refractivity contribution in [3.8, 4) is 44.5 Å². The second-order valence-electron chi connectivity index (χ2n) is 18.3. The van der Waals surface area contributed by atoms with E-state index in [-0.39, 0.29) is 0 Å². The first kappa shape index (κ1) is 37.6. The van der Waals surface area contributed by atoms with E-state index in [4.69, 9.17) is 0 Å². The quantitative estimate of drug-likeness (QED) is 0.154. The predicted octanol–water partition coefficient (Wildman–Crippen LogP) is 20.7. The van der Waals surface area contributed by atoms with Crippen LogP contribution in [0.15, 0.2) is 206 Å². The van der Waals surface area contributed by atoms with Crippen LogP contribution in [0.1, 0.15) is 0 Å². The fourth-order valence-electron chi connectivity index (χ4n) is 11.5. The van der Waals surface area contributed by atoms with Crippen molar-refractivity contribution in [2.45, 2.75) is 0 Å². The summed E-state index contributed by atoms with van der Waals surface area (Å²) in [7, 11) is 0. The van der Waals surface area contributed by atoms with Gasteiger partial charge in [-0.05, 0) is 156 Å². The highest BCUT2D eigenvalue weighted by atomic mass is 32.1. The van der Waals surface area contributed by atoms with Crippen molar-refractivity contribution in [1.82, 2.24) is 0 Å². The van der Waals surface area contributed by atoms with Crippen LogP contribution < -0.4 is 0 Å². The Bertz CT molecular complexity index is 4670. The van der Waals surface area contributed by atoms with Crippen molar-refractivity contribution in [2.24, 2.45) is 0 Å². The van der Waals surface area contributed by atoms with Gasteiger partial charge in [-0.25, -0.2) is 0 Å². The lowest BCUT2D eigenvalue weighted by molar-refractivity contribution is 1.67. The standard InChI is InChI=1S/C64H34S4/c1-5-13-55-39(9-1)43-21-17-38(32-62(43)68-55)51-34-50(37-20-28-61-54(31-37)42-12-4-8-16-58(42)67-61)46-23-22-44-48(35-18-26-59-52(29-35)40-10-2-6-14-56(40)65-59)33-49(45-24-25-47(51)64(46)63(44)45)36-19-27-60-53(30-36)41-11-3-7-15-57(41)66-60/h1-34H. The van der Waals surface area contributed by atoms with Gasteiger partial charge < -0.3 is 0 Å². The third kappa shape index (κ3) is 5.34. The number of fused-ring (bicyclic) bond motifs is 12. The average molecular weight is 931 g/mol. The topological polar surface area (TPSA) is 0 Å². The molecule has 0 saturated carbocycles. The summed E-state index contributed by atoms with van der Waals surface area (Å²) in [5.74, 6) is 0. The van der Waals surface area contributed by atoms with E-state index in [2.05, 4.69) is 206 Å². The molecule has 314 valence electrons. The highest BCUT2D eigenvalue weighted by Gasteiger charge is 2.23. The lowest BCUT2D eigenvalue weighted by Crippen LogP contribution is -1.94. The Morgan fingerprint density at radius 1 is 0.176 bits per heavy atom. The van der Waals surface area contributed by atoms with Gasteiger partial charge in [0.15, 0.2) is 0 Å². The molecule has 0 saturated heterocycles. The Labute approximate surface area is 406 Å². The van der Waals surface area contributed by atoms with Gasteiger partial charge in [-0.2, -0.15) is 0 Å². The molecule has 0 fully saturated rings. The molecule has 0 nitrogen and oxygen atoms in total. The van der Waals surface area contributed by atoms with Gasteiger partial charge in [-0.3, -0.25) is 0 Å². The van der Waals surface area contributed by atoms with E-state index in [1.54, 1.807) is 0 Å². The molecule has 0 aliphatic heterocycles. The van der Waals surface area contributed by atoms with Crippen molar-refractivity contribution < 1.29 is 0 Å². The maximum Gasteiger partial charge on any atom is 0.0361 e. The first-order valence-electron chi connectivity index (χ1n) is 23.1. The van der Waals surface area contributed by atoms with Crippen molar-refractivity contribution in [2.75, 3.05) is 0 Å². The monoisotopic (exact) mass is 930 g/mol. The zero-order valence-electron chi connectivity index (χ0n) is 36.3. The minimum atomic E-state index is 1.24. The van der Waals surface area contributed by atoms with E-state index in [1.165, 1.54) is 158 Å². The molecule has 4 heteroatoms. The molecule has 16 rings (SSSR count). The number of benzene rings is 12. The molecule has 4 aromatic heterocycles. The molecular weight excluding hydrogens is 897 g/mol. The summed E-state index contributed by atoms with van der Waals surface area (Å²) in [4.78, 5) is 0. The van der Waals surface area contributed by atoms with E-state index < -0.39 is 0 Å². The second kappa shape index (κ2) is 14.1. The predicted molar refractivity (Wildman–Crippen MR) is 303 cm³/mol.